The number of halogens is 3. The van der Waals surface area contributed by atoms with Crippen LogP contribution in [-0.2, 0) is 6.67 Å². The zero-order valence-corrected chi connectivity index (χ0v) is 7.23. The van der Waals surface area contributed by atoms with E-state index in [4.69, 9.17) is 0 Å². The monoisotopic (exact) mass is 254 g/mol. The Morgan fingerprint density at radius 2 is 2.00 bits per heavy atom. The Morgan fingerprint density at radius 1 is 1.30 bits per heavy atom. The highest BCUT2D eigenvalue weighted by atomic mass is 127. The van der Waals surface area contributed by atoms with Gasteiger partial charge >= 0.3 is 0 Å². The Labute approximate surface area is 71.4 Å². The van der Waals surface area contributed by atoms with E-state index >= 15 is 0 Å². The highest BCUT2D eigenvalue weighted by Crippen LogP contribution is 2.11. The zero-order valence-electron chi connectivity index (χ0n) is 5.07. The summed E-state index contributed by atoms with van der Waals surface area (Å²) in [5, 5.41) is 0. The summed E-state index contributed by atoms with van der Waals surface area (Å²) in [5.41, 5.74) is 0.393. The van der Waals surface area contributed by atoms with E-state index in [1.165, 1.54) is 12.1 Å². The summed E-state index contributed by atoms with van der Waals surface area (Å²) in [5.74, 6) is -0.375. The smallest absolute Gasteiger partial charge is 0.124 e. The molecule has 0 spiro atoms. The minimum Gasteiger partial charge on any atom is -0.246 e. The largest absolute Gasteiger partial charge is 0.246 e. The molecule has 0 aromatic heterocycles. The quantitative estimate of drug-likeness (QED) is 0.676. The van der Waals surface area contributed by atoms with E-state index in [2.05, 4.69) is 0 Å². The Morgan fingerprint density at radius 3 is 2.50 bits per heavy atom. The van der Waals surface area contributed by atoms with Crippen LogP contribution < -0.4 is 0 Å². The molecule has 1 aromatic carbocycles. The van der Waals surface area contributed by atoms with Crippen molar-refractivity contribution in [2.75, 3.05) is 0 Å². The normalized spacial score (nSPS) is 9.90. The fourth-order valence-corrected chi connectivity index (χ4v) is 1.39. The van der Waals surface area contributed by atoms with Gasteiger partial charge < -0.3 is 0 Å². The molecule has 0 unspecified atom stereocenters. The first-order chi connectivity index (χ1) is 4.72. The summed E-state index contributed by atoms with van der Waals surface area (Å²) in [6, 6.07) is 4.17. The second-order valence-corrected chi connectivity index (χ2v) is 3.16. The molecule has 0 aliphatic rings. The van der Waals surface area contributed by atoms with Crippen LogP contribution in [0.3, 0.4) is 0 Å². The summed E-state index contributed by atoms with van der Waals surface area (Å²) in [6.45, 7) is -0.603. The van der Waals surface area contributed by atoms with Crippen LogP contribution in [-0.4, -0.2) is 0 Å². The molecule has 0 atom stereocenters. The van der Waals surface area contributed by atoms with Crippen molar-refractivity contribution in [1.82, 2.24) is 0 Å². The van der Waals surface area contributed by atoms with Gasteiger partial charge in [-0.25, -0.2) is 8.78 Å². The number of hydrogen-bond acceptors (Lipinski definition) is 0. The molecule has 1 aromatic rings. The molecule has 0 radical (unpaired) electrons. The van der Waals surface area contributed by atoms with Gasteiger partial charge in [-0.3, -0.25) is 0 Å². The Hall–Kier alpha value is -0.190. The number of alkyl halides is 1. The molecule has 54 valence electrons. The van der Waals surface area contributed by atoms with E-state index in [1.807, 2.05) is 22.6 Å². The molecular weight excluding hydrogens is 249 g/mol. The predicted octanol–water partition coefficient (Wildman–Crippen LogP) is 2.90. The predicted molar refractivity (Wildman–Crippen MR) is 43.9 cm³/mol. The van der Waals surface area contributed by atoms with E-state index in [-0.39, 0.29) is 5.82 Å². The summed E-state index contributed by atoms with van der Waals surface area (Å²) in [7, 11) is 0. The van der Waals surface area contributed by atoms with Crippen molar-refractivity contribution in [2.24, 2.45) is 0 Å². The first-order valence-electron chi connectivity index (χ1n) is 2.73. The minimum atomic E-state index is -0.603. The van der Waals surface area contributed by atoms with Crippen molar-refractivity contribution in [1.29, 1.82) is 0 Å². The molecule has 0 bridgehead atoms. The van der Waals surface area contributed by atoms with Crippen molar-refractivity contribution < 1.29 is 8.78 Å². The first kappa shape index (κ1) is 7.91. The molecule has 0 N–H and O–H groups in total. The third-order valence-corrected chi connectivity index (χ3v) is 1.70. The van der Waals surface area contributed by atoms with Crippen LogP contribution in [0.15, 0.2) is 18.2 Å². The highest BCUT2D eigenvalue weighted by molar-refractivity contribution is 14.1. The number of benzene rings is 1. The number of hydrogen-bond donors (Lipinski definition) is 0. The van der Waals surface area contributed by atoms with E-state index in [0.29, 0.717) is 5.56 Å². The SMILES string of the molecule is FCc1cc(F)cc(I)c1. The van der Waals surface area contributed by atoms with Gasteiger partial charge in [0, 0.05) is 3.57 Å². The Balaban J connectivity index is 3.06. The third-order valence-electron chi connectivity index (χ3n) is 1.08. The van der Waals surface area contributed by atoms with Gasteiger partial charge in [0.2, 0.25) is 0 Å². The van der Waals surface area contributed by atoms with Crippen LogP contribution in [0.1, 0.15) is 5.56 Å². The standard InChI is InChI=1S/C7H5F2I/c8-4-5-1-6(9)3-7(10)2-5/h1-3H,4H2. The van der Waals surface area contributed by atoms with Gasteiger partial charge in [-0.05, 0) is 46.4 Å². The van der Waals surface area contributed by atoms with Gasteiger partial charge in [0.05, 0.1) is 0 Å². The van der Waals surface area contributed by atoms with Crippen LogP contribution in [0.4, 0.5) is 8.78 Å². The number of rotatable bonds is 1. The lowest BCUT2D eigenvalue weighted by Gasteiger charge is -1.95. The van der Waals surface area contributed by atoms with Crippen molar-refractivity contribution >= 4 is 22.6 Å². The van der Waals surface area contributed by atoms with Gasteiger partial charge in [0.1, 0.15) is 12.5 Å². The van der Waals surface area contributed by atoms with Gasteiger partial charge in [0.25, 0.3) is 0 Å². The minimum absolute atomic E-state index is 0.375. The molecule has 0 nitrogen and oxygen atoms in total. The maximum atomic E-state index is 12.4. The average molecular weight is 254 g/mol. The van der Waals surface area contributed by atoms with Crippen LogP contribution in [0.25, 0.3) is 0 Å². The Bertz CT molecular complexity index is 215. The molecule has 1 rings (SSSR count). The van der Waals surface area contributed by atoms with E-state index in [9.17, 15) is 8.78 Å². The van der Waals surface area contributed by atoms with Crippen LogP contribution in [0.2, 0.25) is 0 Å². The van der Waals surface area contributed by atoms with Crippen molar-refractivity contribution in [2.45, 2.75) is 6.67 Å². The van der Waals surface area contributed by atoms with Gasteiger partial charge in [-0.15, -0.1) is 0 Å². The van der Waals surface area contributed by atoms with Crippen LogP contribution in [0.5, 0.6) is 0 Å². The van der Waals surface area contributed by atoms with Crippen molar-refractivity contribution in [3.8, 4) is 0 Å². The lowest BCUT2D eigenvalue weighted by atomic mass is 10.2. The fourth-order valence-electron chi connectivity index (χ4n) is 0.688. The molecular formula is C7H5F2I. The summed E-state index contributed by atoms with van der Waals surface area (Å²) in [6.07, 6.45) is 0. The molecule has 0 amide bonds. The van der Waals surface area contributed by atoms with Crippen molar-refractivity contribution in [3.63, 3.8) is 0 Å². The van der Waals surface area contributed by atoms with Gasteiger partial charge in [-0.1, -0.05) is 0 Å². The second kappa shape index (κ2) is 3.27. The van der Waals surface area contributed by atoms with E-state index < -0.39 is 6.67 Å². The molecule has 0 aliphatic heterocycles. The highest BCUT2D eigenvalue weighted by Gasteiger charge is 1.96. The van der Waals surface area contributed by atoms with Crippen molar-refractivity contribution in [3.05, 3.63) is 33.1 Å². The van der Waals surface area contributed by atoms with Gasteiger partial charge in [-0.2, -0.15) is 0 Å². The summed E-state index contributed by atoms with van der Waals surface area (Å²) >= 11 is 1.95. The Kier molecular flexibility index (Phi) is 2.59. The average Bonchev–Trinajstić information content (AvgIpc) is 1.85. The summed E-state index contributed by atoms with van der Waals surface area (Å²) < 4.78 is 25.1. The zero-order chi connectivity index (χ0) is 7.56. The molecule has 0 fully saturated rings. The van der Waals surface area contributed by atoms with E-state index in [1.54, 1.807) is 6.07 Å². The van der Waals surface area contributed by atoms with E-state index in [0.717, 1.165) is 3.57 Å². The maximum Gasteiger partial charge on any atom is 0.124 e. The van der Waals surface area contributed by atoms with Gasteiger partial charge in [0.15, 0.2) is 0 Å². The van der Waals surface area contributed by atoms with Crippen LogP contribution >= 0.6 is 22.6 Å². The molecule has 3 heteroatoms. The molecule has 0 heterocycles. The molecule has 10 heavy (non-hydrogen) atoms. The lowest BCUT2D eigenvalue weighted by Crippen LogP contribution is -1.83. The molecule has 0 saturated carbocycles. The second-order valence-electron chi connectivity index (χ2n) is 1.91. The topological polar surface area (TPSA) is 0 Å². The first-order valence-corrected chi connectivity index (χ1v) is 3.81. The third kappa shape index (κ3) is 1.90. The van der Waals surface area contributed by atoms with Crippen LogP contribution in [0, 0.1) is 9.39 Å². The summed E-state index contributed by atoms with van der Waals surface area (Å²) in [4.78, 5) is 0. The molecule has 0 saturated heterocycles. The fraction of sp³-hybridized carbons (Fsp3) is 0.143. The molecule has 0 aliphatic carbocycles. The lowest BCUT2D eigenvalue weighted by molar-refractivity contribution is 0.482. The maximum absolute atomic E-state index is 12.4.